The average Bonchev–Trinajstić information content (AvgIpc) is 3.11. The molecule has 0 bridgehead atoms. The first-order valence-corrected chi connectivity index (χ1v) is 10.4. The summed E-state index contributed by atoms with van der Waals surface area (Å²) in [7, 11) is 0. The molecular formula is C22H29N3O4. The van der Waals surface area contributed by atoms with E-state index in [-0.39, 0.29) is 17.9 Å². The van der Waals surface area contributed by atoms with E-state index in [0.717, 1.165) is 44.1 Å². The summed E-state index contributed by atoms with van der Waals surface area (Å²) in [5.41, 5.74) is 1.07. The zero-order valence-corrected chi connectivity index (χ0v) is 17.1. The highest BCUT2D eigenvalue weighted by Gasteiger charge is 2.36. The molecule has 0 spiro atoms. The maximum absolute atomic E-state index is 13.2. The van der Waals surface area contributed by atoms with Gasteiger partial charge in [0, 0.05) is 6.04 Å². The molecule has 1 heterocycles. The molecule has 1 aliphatic rings. The van der Waals surface area contributed by atoms with Crippen molar-refractivity contribution in [3.63, 3.8) is 0 Å². The smallest absolute Gasteiger partial charge is 0.384 e. The van der Waals surface area contributed by atoms with Gasteiger partial charge in [0.25, 0.3) is 5.89 Å². The van der Waals surface area contributed by atoms with E-state index in [9.17, 15) is 14.4 Å². The van der Waals surface area contributed by atoms with Crippen LogP contribution in [0.15, 0.2) is 39.5 Å². The van der Waals surface area contributed by atoms with E-state index in [1.165, 1.54) is 4.68 Å². The normalized spacial score (nSPS) is 16.0. The summed E-state index contributed by atoms with van der Waals surface area (Å²) in [6, 6.07) is 9.10. The van der Waals surface area contributed by atoms with E-state index in [0.29, 0.717) is 13.0 Å². The monoisotopic (exact) mass is 399 g/mol. The van der Waals surface area contributed by atoms with Gasteiger partial charge in [-0.15, -0.1) is 5.10 Å². The number of rotatable bonds is 9. The Hall–Kier alpha value is -2.70. The SMILES string of the molecule is CC(C)[C@@H](C(=O)c1nn(CCc2ccccc2)c(=O)o1)N(C=O)C1CCCCC1. The van der Waals surface area contributed by atoms with Crippen molar-refractivity contribution in [3.8, 4) is 0 Å². The van der Waals surface area contributed by atoms with Crippen molar-refractivity contribution in [1.82, 2.24) is 14.7 Å². The third-order valence-electron chi connectivity index (χ3n) is 5.61. The molecule has 3 rings (SSSR count). The average molecular weight is 399 g/mol. The molecule has 2 aromatic rings. The van der Waals surface area contributed by atoms with Crippen LogP contribution in [0.25, 0.3) is 0 Å². The van der Waals surface area contributed by atoms with Crippen molar-refractivity contribution < 1.29 is 14.0 Å². The number of hydrogen-bond acceptors (Lipinski definition) is 5. The third-order valence-corrected chi connectivity index (χ3v) is 5.61. The molecule has 0 N–H and O–H groups in total. The van der Waals surface area contributed by atoms with Gasteiger partial charge < -0.3 is 9.32 Å². The van der Waals surface area contributed by atoms with Gasteiger partial charge in [-0.3, -0.25) is 9.59 Å². The Labute approximate surface area is 170 Å². The molecular weight excluding hydrogens is 370 g/mol. The largest absolute Gasteiger partial charge is 0.437 e. The van der Waals surface area contributed by atoms with Crippen LogP contribution in [-0.4, -0.2) is 39.0 Å². The van der Waals surface area contributed by atoms with Gasteiger partial charge in [0.1, 0.15) is 6.04 Å². The lowest BCUT2D eigenvalue weighted by Gasteiger charge is -2.37. The number of hydrogen-bond donors (Lipinski definition) is 0. The van der Waals surface area contributed by atoms with Gasteiger partial charge in [-0.2, -0.15) is 4.68 Å². The summed E-state index contributed by atoms with van der Waals surface area (Å²) in [5, 5.41) is 4.14. The van der Waals surface area contributed by atoms with Crippen LogP contribution in [0, 0.1) is 5.92 Å². The van der Waals surface area contributed by atoms with Crippen molar-refractivity contribution >= 4 is 12.2 Å². The van der Waals surface area contributed by atoms with Gasteiger partial charge >= 0.3 is 5.76 Å². The zero-order chi connectivity index (χ0) is 20.8. The van der Waals surface area contributed by atoms with E-state index in [4.69, 9.17) is 4.42 Å². The van der Waals surface area contributed by atoms with Crippen LogP contribution < -0.4 is 5.76 Å². The third kappa shape index (κ3) is 5.02. The highest BCUT2D eigenvalue weighted by Crippen LogP contribution is 2.26. The number of ketones is 1. The lowest BCUT2D eigenvalue weighted by molar-refractivity contribution is -0.123. The fraction of sp³-hybridized carbons (Fsp3) is 0.545. The van der Waals surface area contributed by atoms with E-state index in [1.54, 1.807) is 4.90 Å². The second-order valence-corrected chi connectivity index (χ2v) is 8.03. The van der Waals surface area contributed by atoms with Gasteiger partial charge in [0.05, 0.1) is 6.54 Å². The standard InChI is InChI=1S/C22H29N3O4/c1-16(2)19(24(15-26)18-11-7-4-8-12-18)20(27)21-23-25(22(28)29-21)14-13-17-9-5-3-6-10-17/h3,5-6,9-10,15-16,18-19H,4,7-8,11-14H2,1-2H3/t19-/m0/s1. The lowest BCUT2D eigenvalue weighted by atomic mass is 9.90. The number of carbonyl (C=O) groups is 2. The van der Waals surface area contributed by atoms with Crippen LogP contribution in [0.4, 0.5) is 0 Å². The van der Waals surface area contributed by atoms with Crippen LogP contribution in [0.2, 0.25) is 0 Å². The Balaban J connectivity index is 1.77. The Morgan fingerprint density at radius 1 is 1.24 bits per heavy atom. The summed E-state index contributed by atoms with van der Waals surface area (Å²) in [6.45, 7) is 4.12. The van der Waals surface area contributed by atoms with Gasteiger partial charge in [0.15, 0.2) is 0 Å². The summed E-state index contributed by atoms with van der Waals surface area (Å²) in [6.07, 6.45) is 6.42. The fourth-order valence-electron chi connectivity index (χ4n) is 4.09. The molecule has 1 atom stereocenters. The molecule has 0 saturated heterocycles. The molecule has 1 aliphatic carbocycles. The fourth-order valence-corrected chi connectivity index (χ4v) is 4.09. The predicted molar refractivity (Wildman–Crippen MR) is 109 cm³/mol. The lowest BCUT2D eigenvalue weighted by Crippen LogP contribution is -2.50. The quantitative estimate of drug-likeness (QED) is 0.478. The molecule has 1 fully saturated rings. The van der Waals surface area contributed by atoms with Gasteiger partial charge in [-0.25, -0.2) is 4.79 Å². The highest BCUT2D eigenvalue weighted by molar-refractivity contribution is 5.97. The van der Waals surface area contributed by atoms with E-state index in [1.807, 2.05) is 44.2 Å². The van der Waals surface area contributed by atoms with Crippen molar-refractivity contribution in [2.45, 2.75) is 71.0 Å². The van der Waals surface area contributed by atoms with Gasteiger partial charge in [0.2, 0.25) is 12.2 Å². The molecule has 0 aliphatic heterocycles. The summed E-state index contributed by atoms with van der Waals surface area (Å²) < 4.78 is 6.37. The molecule has 1 saturated carbocycles. The first kappa shape index (κ1) is 21.0. The number of nitrogens with zero attached hydrogens (tertiary/aromatic N) is 3. The van der Waals surface area contributed by atoms with Gasteiger partial charge in [-0.1, -0.05) is 63.4 Å². The molecule has 7 nitrogen and oxygen atoms in total. The Bertz CT molecular complexity index is 866. The topological polar surface area (TPSA) is 85.4 Å². The molecule has 0 radical (unpaired) electrons. The first-order valence-electron chi connectivity index (χ1n) is 10.4. The maximum Gasteiger partial charge on any atom is 0.437 e. The highest BCUT2D eigenvalue weighted by atomic mass is 16.4. The number of amides is 1. The van der Waals surface area contributed by atoms with Gasteiger partial charge in [-0.05, 0) is 30.7 Å². The first-order chi connectivity index (χ1) is 14.0. The number of benzene rings is 1. The van der Waals surface area contributed by atoms with Crippen molar-refractivity contribution in [2.24, 2.45) is 5.92 Å². The van der Waals surface area contributed by atoms with Crippen molar-refractivity contribution in [2.75, 3.05) is 0 Å². The molecule has 7 heteroatoms. The Kier molecular flexibility index (Phi) is 7.01. The maximum atomic E-state index is 13.2. The molecule has 156 valence electrons. The number of Topliss-reactive ketones (excluding diaryl/α,β-unsaturated/α-hetero) is 1. The van der Waals surface area contributed by atoms with E-state index in [2.05, 4.69) is 5.10 Å². The Morgan fingerprint density at radius 3 is 2.55 bits per heavy atom. The Morgan fingerprint density at radius 2 is 1.93 bits per heavy atom. The summed E-state index contributed by atoms with van der Waals surface area (Å²) in [4.78, 5) is 38.9. The minimum Gasteiger partial charge on any atom is -0.384 e. The summed E-state index contributed by atoms with van der Waals surface area (Å²) in [5.74, 6) is -1.39. The second-order valence-electron chi connectivity index (χ2n) is 8.03. The van der Waals surface area contributed by atoms with E-state index < -0.39 is 17.6 Å². The molecule has 1 aromatic heterocycles. The summed E-state index contributed by atoms with van der Waals surface area (Å²) >= 11 is 0. The molecule has 0 unspecified atom stereocenters. The van der Waals surface area contributed by atoms with Crippen molar-refractivity contribution in [1.29, 1.82) is 0 Å². The second kappa shape index (κ2) is 9.67. The van der Waals surface area contributed by atoms with Crippen LogP contribution in [0.5, 0.6) is 0 Å². The minimum absolute atomic E-state index is 0.0458. The molecule has 1 aromatic carbocycles. The zero-order valence-electron chi connectivity index (χ0n) is 17.1. The van der Waals surface area contributed by atoms with Crippen LogP contribution in [-0.2, 0) is 17.8 Å². The van der Waals surface area contributed by atoms with Crippen LogP contribution in [0.3, 0.4) is 0 Å². The van der Waals surface area contributed by atoms with E-state index >= 15 is 0 Å². The van der Waals surface area contributed by atoms with Crippen LogP contribution in [0.1, 0.15) is 62.2 Å². The van der Waals surface area contributed by atoms with Crippen LogP contribution >= 0.6 is 0 Å². The number of carbonyl (C=O) groups excluding carboxylic acids is 2. The minimum atomic E-state index is -0.684. The number of aryl methyl sites for hydroxylation is 2. The number of aromatic nitrogens is 2. The predicted octanol–water partition coefficient (Wildman–Crippen LogP) is 3.08. The van der Waals surface area contributed by atoms with Crippen molar-refractivity contribution in [3.05, 3.63) is 52.3 Å². The molecule has 29 heavy (non-hydrogen) atoms. The molecule has 1 amide bonds.